The van der Waals surface area contributed by atoms with Crippen molar-refractivity contribution in [1.29, 1.82) is 0 Å². The van der Waals surface area contributed by atoms with E-state index in [0.29, 0.717) is 33.7 Å². The van der Waals surface area contributed by atoms with Gasteiger partial charge in [0.25, 0.3) is 5.91 Å². The van der Waals surface area contributed by atoms with Gasteiger partial charge < -0.3 is 14.2 Å². The monoisotopic (exact) mass is 454 g/mol. The maximum absolute atomic E-state index is 12.6. The third-order valence-corrected chi connectivity index (χ3v) is 5.43. The number of carbonyl (C=O) groups excluding carboxylic acids is 3. The molecule has 1 heterocycles. The Labute approximate surface area is 189 Å². The maximum atomic E-state index is 12.6. The fraction of sp³-hybridized carbons (Fsp3) is 0.217. The second-order valence-corrected chi connectivity index (χ2v) is 7.58. The Kier molecular flexibility index (Phi) is 7.67. The zero-order chi connectivity index (χ0) is 23.1. The number of likely N-dealkylation sites (N-methyl/N-ethyl adjacent to an activating group) is 1. The van der Waals surface area contributed by atoms with Crippen molar-refractivity contribution in [3.8, 4) is 5.75 Å². The number of aliphatic imine (C=N–C) groups is 1. The van der Waals surface area contributed by atoms with Gasteiger partial charge in [-0.25, -0.2) is 14.6 Å². The molecule has 0 spiro atoms. The molecule has 1 amide bonds. The van der Waals surface area contributed by atoms with Crippen LogP contribution in [0, 0.1) is 0 Å². The molecule has 1 fully saturated rings. The SMILES string of the molecule is CCOC(=O)c1ccc(N=C2SC(=Cc3ccc(OCC(=O)OC)cc3)C(=O)N2C)cc1. The molecule has 0 atom stereocenters. The zero-order valence-corrected chi connectivity index (χ0v) is 18.7. The van der Waals surface area contributed by atoms with Crippen molar-refractivity contribution < 1.29 is 28.6 Å². The molecule has 3 rings (SSSR count). The van der Waals surface area contributed by atoms with Crippen molar-refractivity contribution in [3.05, 3.63) is 64.6 Å². The molecule has 0 N–H and O–H groups in total. The molecule has 0 saturated carbocycles. The van der Waals surface area contributed by atoms with Gasteiger partial charge in [-0.05, 0) is 66.7 Å². The van der Waals surface area contributed by atoms with E-state index in [1.165, 1.54) is 23.8 Å². The lowest BCUT2D eigenvalue weighted by molar-refractivity contribution is -0.142. The van der Waals surface area contributed by atoms with Crippen LogP contribution in [0.1, 0.15) is 22.8 Å². The predicted molar refractivity (Wildman–Crippen MR) is 122 cm³/mol. The predicted octanol–water partition coefficient (Wildman–Crippen LogP) is 3.65. The smallest absolute Gasteiger partial charge is 0.343 e. The standard InChI is InChI=1S/C23H22N2O6S/c1-4-30-22(28)16-7-9-17(10-8-16)24-23-25(2)21(27)19(32-23)13-15-5-11-18(12-6-15)31-14-20(26)29-3/h5-13H,4,14H2,1-3H3. The summed E-state index contributed by atoms with van der Waals surface area (Å²) in [6.45, 7) is 1.89. The number of carbonyl (C=O) groups is 3. The van der Waals surface area contributed by atoms with Crippen molar-refractivity contribution >= 4 is 46.5 Å². The van der Waals surface area contributed by atoms with Crippen LogP contribution in [-0.2, 0) is 19.1 Å². The second-order valence-electron chi connectivity index (χ2n) is 6.57. The number of thioether (sulfide) groups is 1. The van der Waals surface area contributed by atoms with E-state index in [-0.39, 0.29) is 18.5 Å². The minimum absolute atomic E-state index is 0.164. The quantitative estimate of drug-likeness (QED) is 0.466. The Morgan fingerprint density at radius 2 is 1.78 bits per heavy atom. The van der Waals surface area contributed by atoms with Gasteiger partial charge >= 0.3 is 11.9 Å². The number of ether oxygens (including phenoxy) is 3. The number of amides is 1. The van der Waals surface area contributed by atoms with Gasteiger partial charge in [-0.1, -0.05) is 12.1 Å². The number of amidine groups is 1. The molecule has 32 heavy (non-hydrogen) atoms. The second kappa shape index (κ2) is 10.6. The van der Waals surface area contributed by atoms with E-state index in [2.05, 4.69) is 9.73 Å². The Morgan fingerprint density at radius 3 is 2.41 bits per heavy atom. The Hall–Kier alpha value is -3.59. The molecule has 2 aromatic carbocycles. The van der Waals surface area contributed by atoms with Crippen molar-refractivity contribution in [3.63, 3.8) is 0 Å². The van der Waals surface area contributed by atoms with Crippen LogP contribution < -0.4 is 4.74 Å². The maximum Gasteiger partial charge on any atom is 0.343 e. The van der Waals surface area contributed by atoms with Crippen LogP contribution >= 0.6 is 11.8 Å². The fourth-order valence-electron chi connectivity index (χ4n) is 2.66. The van der Waals surface area contributed by atoms with Crippen LogP contribution in [-0.4, -0.2) is 55.3 Å². The summed E-state index contributed by atoms with van der Waals surface area (Å²) in [5.41, 5.74) is 1.87. The molecule has 0 unspecified atom stereocenters. The highest BCUT2D eigenvalue weighted by atomic mass is 32.2. The van der Waals surface area contributed by atoms with E-state index in [9.17, 15) is 14.4 Å². The summed E-state index contributed by atoms with van der Waals surface area (Å²) < 4.78 is 14.8. The van der Waals surface area contributed by atoms with Gasteiger partial charge in [0.1, 0.15) is 5.75 Å². The minimum Gasteiger partial charge on any atom is -0.482 e. The van der Waals surface area contributed by atoms with Gasteiger partial charge in [0.05, 0.1) is 29.9 Å². The topological polar surface area (TPSA) is 94.5 Å². The molecule has 1 saturated heterocycles. The van der Waals surface area contributed by atoms with Crippen LogP contribution in [0.2, 0.25) is 0 Å². The number of esters is 2. The molecule has 0 radical (unpaired) electrons. The first-order valence-electron chi connectivity index (χ1n) is 9.74. The number of methoxy groups -OCH3 is 1. The summed E-state index contributed by atoms with van der Waals surface area (Å²) in [7, 11) is 2.95. The van der Waals surface area contributed by atoms with Gasteiger partial charge in [0.15, 0.2) is 11.8 Å². The minimum atomic E-state index is -0.463. The summed E-state index contributed by atoms with van der Waals surface area (Å²) in [6, 6.07) is 13.7. The van der Waals surface area contributed by atoms with Gasteiger partial charge in [-0.2, -0.15) is 0 Å². The van der Waals surface area contributed by atoms with Crippen molar-refractivity contribution in [2.45, 2.75) is 6.92 Å². The summed E-state index contributed by atoms with van der Waals surface area (Å²) in [5, 5.41) is 0.531. The van der Waals surface area contributed by atoms with Crippen molar-refractivity contribution in [1.82, 2.24) is 4.90 Å². The van der Waals surface area contributed by atoms with Crippen LogP contribution in [0.4, 0.5) is 5.69 Å². The number of hydrogen-bond donors (Lipinski definition) is 0. The molecule has 1 aliphatic rings. The highest BCUT2D eigenvalue weighted by molar-refractivity contribution is 8.18. The van der Waals surface area contributed by atoms with E-state index in [1.807, 2.05) is 0 Å². The highest BCUT2D eigenvalue weighted by Crippen LogP contribution is 2.33. The average molecular weight is 455 g/mol. The van der Waals surface area contributed by atoms with Crippen LogP contribution in [0.5, 0.6) is 5.75 Å². The van der Waals surface area contributed by atoms with Gasteiger partial charge in [0, 0.05) is 7.05 Å². The highest BCUT2D eigenvalue weighted by Gasteiger charge is 2.30. The molecular formula is C23H22N2O6S. The van der Waals surface area contributed by atoms with E-state index < -0.39 is 5.97 Å². The summed E-state index contributed by atoms with van der Waals surface area (Å²) in [5.74, 6) is -0.493. The molecule has 166 valence electrons. The Morgan fingerprint density at radius 1 is 1.09 bits per heavy atom. The van der Waals surface area contributed by atoms with Crippen molar-refractivity contribution in [2.75, 3.05) is 27.4 Å². The average Bonchev–Trinajstić information content (AvgIpc) is 3.06. The van der Waals surface area contributed by atoms with Gasteiger partial charge in [-0.15, -0.1) is 0 Å². The zero-order valence-electron chi connectivity index (χ0n) is 17.9. The largest absolute Gasteiger partial charge is 0.482 e. The first kappa shape index (κ1) is 23.1. The molecule has 0 aromatic heterocycles. The van der Waals surface area contributed by atoms with Crippen molar-refractivity contribution in [2.24, 2.45) is 4.99 Å². The number of nitrogens with zero attached hydrogens (tertiary/aromatic N) is 2. The van der Waals surface area contributed by atoms with E-state index in [0.717, 1.165) is 5.56 Å². The van der Waals surface area contributed by atoms with Crippen LogP contribution in [0.3, 0.4) is 0 Å². The number of hydrogen-bond acceptors (Lipinski definition) is 8. The van der Waals surface area contributed by atoms with Gasteiger partial charge in [-0.3, -0.25) is 9.69 Å². The molecule has 2 aromatic rings. The van der Waals surface area contributed by atoms with Gasteiger partial charge in [0.2, 0.25) is 0 Å². The lowest BCUT2D eigenvalue weighted by Gasteiger charge is -2.07. The van der Waals surface area contributed by atoms with E-state index in [4.69, 9.17) is 9.47 Å². The number of benzene rings is 2. The van der Waals surface area contributed by atoms with Crippen LogP contribution in [0.25, 0.3) is 6.08 Å². The Bertz CT molecular complexity index is 1060. The molecule has 9 heteroatoms. The summed E-state index contributed by atoms with van der Waals surface area (Å²) >= 11 is 1.26. The third-order valence-electron chi connectivity index (χ3n) is 4.37. The third kappa shape index (κ3) is 5.76. The Balaban J connectivity index is 1.70. The van der Waals surface area contributed by atoms with E-state index in [1.54, 1.807) is 68.6 Å². The first-order valence-corrected chi connectivity index (χ1v) is 10.6. The first-order chi connectivity index (χ1) is 15.4. The van der Waals surface area contributed by atoms with E-state index >= 15 is 0 Å². The molecule has 0 aliphatic carbocycles. The molecule has 8 nitrogen and oxygen atoms in total. The lowest BCUT2D eigenvalue weighted by atomic mass is 10.2. The normalized spacial score (nSPS) is 15.8. The number of rotatable bonds is 7. The summed E-state index contributed by atoms with van der Waals surface area (Å²) in [4.78, 5) is 42.1. The van der Waals surface area contributed by atoms with Crippen LogP contribution in [0.15, 0.2) is 58.4 Å². The molecular weight excluding hydrogens is 432 g/mol. The lowest BCUT2D eigenvalue weighted by Crippen LogP contribution is -2.23. The molecule has 1 aliphatic heterocycles. The summed E-state index contributed by atoms with van der Waals surface area (Å²) in [6.07, 6.45) is 1.76. The fourth-order valence-corrected chi connectivity index (χ4v) is 3.65. The molecule has 0 bridgehead atoms.